The third kappa shape index (κ3) is 5.41. The smallest absolute Gasteiger partial charge is 0.265 e. The predicted octanol–water partition coefficient (Wildman–Crippen LogP) is 2.05. The molecule has 1 saturated carbocycles. The van der Waals surface area contributed by atoms with Crippen LogP contribution in [0.4, 0.5) is 5.69 Å². The van der Waals surface area contributed by atoms with Gasteiger partial charge in [0.05, 0.1) is 24.7 Å². The molecule has 0 saturated heterocycles. The van der Waals surface area contributed by atoms with Crippen molar-refractivity contribution in [2.45, 2.75) is 56.6 Å². The molecule has 0 atom stereocenters. The van der Waals surface area contributed by atoms with Crippen LogP contribution in [0.25, 0.3) is 0 Å². The fourth-order valence-corrected chi connectivity index (χ4v) is 4.32. The zero-order valence-corrected chi connectivity index (χ0v) is 16.2. The Balaban J connectivity index is 2.15. The minimum absolute atomic E-state index is 0.0379. The van der Waals surface area contributed by atoms with E-state index in [9.17, 15) is 13.2 Å². The van der Waals surface area contributed by atoms with E-state index in [1.165, 1.54) is 19.2 Å². The largest absolute Gasteiger partial charge is 0.376 e. The van der Waals surface area contributed by atoms with Crippen LogP contribution in [0.1, 0.15) is 39.5 Å². The van der Waals surface area contributed by atoms with Gasteiger partial charge in [-0.2, -0.15) is 0 Å². The highest BCUT2D eigenvalue weighted by Gasteiger charge is 2.32. The summed E-state index contributed by atoms with van der Waals surface area (Å²) in [5.41, 5.74) is 2.70. The van der Waals surface area contributed by atoms with Gasteiger partial charge < -0.3 is 5.32 Å². The summed E-state index contributed by atoms with van der Waals surface area (Å²) in [7, 11) is -2.47. The molecule has 0 bridgehead atoms. The first-order valence-electron chi connectivity index (χ1n) is 8.71. The topological polar surface area (TPSA) is 97.0 Å². The van der Waals surface area contributed by atoms with Crippen LogP contribution in [0, 0.1) is 0 Å². The molecule has 1 aromatic rings. The molecule has 1 aromatic carbocycles. The van der Waals surface area contributed by atoms with Crippen molar-refractivity contribution in [3.63, 3.8) is 0 Å². The zero-order valence-electron chi connectivity index (χ0n) is 15.4. The molecule has 1 fully saturated rings. The van der Waals surface area contributed by atoms with Gasteiger partial charge in [0.25, 0.3) is 15.9 Å². The maximum absolute atomic E-state index is 13.0. The fourth-order valence-electron chi connectivity index (χ4n) is 2.80. The summed E-state index contributed by atoms with van der Waals surface area (Å²) in [6.07, 6.45) is 3.79. The number of carbonyl (C=O) groups is 1. The van der Waals surface area contributed by atoms with Gasteiger partial charge in [0.15, 0.2) is 0 Å². The van der Waals surface area contributed by atoms with E-state index in [0.29, 0.717) is 5.69 Å². The third-order valence-corrected chi connectivity index (χ3v) is 5.85. The van der Waals surface area contributed by atoms with Gasteiger partial charge in [-0.3, -0.25) is 14.5 Å². The molecule has 26 heavy (non-hydrogen) atoms. The molecule has 8 nitrogen and oxygen atoms in total. The van der Waals surface area contributed by atoms with Crippen LogP contribution in [-0.2, 0) is 24.5 Å². The van der Waals surface area contributed by atoms with Gasteiger partial charge in [-0.15, -0.1) is 0 Å². The standard InChI is InChI=1S/C17H27N3O5S/c1-13(2)20(25-15-8-4-5-9-15)26(22,23)16-10-6-7-14(11-16)18-12-17(21)19-24-3/h6-7,10-11,13,15,18H,4-5,8-9,12H2,1-3H3,(H,19,21). The van der Waals surface area contributed by atoms with Crippen molar-refractivity contribution in [2.24, 2.45) is 0 Å². The summed E-state index contributed by atoms with van der Waals surface area (Å²) in [6.45, 7) is 3.52. The molecule has 0 aliphatic heterocycles. The van der Waals surface area contributed by atoms with Crippen LogP contribution in [0.15, 0.2) is 29.2 Å². The zero-order chi connectivity index (χ0) is 19.2. The molecule has 1 aliphatic rings. The Kier molecular flexibility index (Phi) is 7.39. The van der Waals surface area contributed by atoms with E-state index in [2.05, 4.69) is 15.6 Å². The first-order chi connectivity index (χ1) is 12.3. The summed E-state index contributed by atoms with van der Waals surface area (Å²) in [5, 5.41) is 2.87. The lowest BCUT2D eigenvalue weighted by molar-refractivity contribution is -0.146. The van der Waals surface area contributed by atoms with Crippen LogP contribution in [0.2, 0.25) is 0 Å². The molecule has 146 valence electrons. The number of carbonyl (C=O) groups excluding carboxylic acids is 1. The number of amides is 1. The second kappa shape index (κ2) is 9.31. The number of nitrogens with one attached hydrogen (secondary N) is 2. The second-order valence-electron chi connectivity index (χ2n) is 6.48. The second-order valence-corrected chi connectivity index (χ2v) is 8.26. The lowest BCUT2D eigenvalue weighted by atomic mass is 10.3. The van der Waals surface area contributed by atoms with Crippen molar-refractivity contribution < 1.29 is 22.9 Å². The molecule has 0 aromatic heterocycles. The van der Waals surface area contributed by atoms with Crippen molar-refractivity contribution in [1.82, 2.24) is 9.95 Å². The third-order valence-electron chi connectivity index (χ3n) is 4.01. The van der Waals surface area contributed by atoms with Gasteiger partial charge >= 0.3 is 0 Å². The minimum atomic E-state index is -3.81. The maximum Gasteiger partial charge on any atom is 0.265 e. The van der Waals surface area contributed by atoms with Crippen LogP contribution in [-0.4, -0.2) is 44.6 Å². The monoisotopic (exact) mass is 385 g/mol. The quantitative estimate of drug-likeness (QED) is 0.632. The molecule has 0 radical (unpaired) electrons. The highest BCUT2D eigenvalue weighted by Crippen LogP contribution is 2.27. The summed E-state index contributed by atoms with van der Waals surface area (Å²) in [5.74, 6) is -0.367. The molecule has 1 aliphatic carbocycles. The molecule has 0 spiro atoms. The highest BCUT2D eigenvalue weighted by molar-refractivity contribution is 7.89. The Morgan fingerprint density at radius 1 is 1.31 bits per heavy atom. The van der Waals surface area contributed by atoms with E-state index in [-0.39, 0.29) is 29.5 Å². The van der Waals surface area contributed by atoms with Crippen molar-refractivity contribution >= 4 is 21.6 Å². The molecule has 2 N–H and O–H groups in total. The number of sulfonamides is 1. The van der Waals surface area contributed by atoms with Crippen molar-refractivity contribution in [2.75, 3.05) is 19.0 Å². The highest BCUT2D eigenvalue weighted by atomic mass is 32.2. The maximum atomic E-state index is 13.0. The fraction of sp³-hybridized carbons (Fsp3) is 0.588. The van der Waals surface area contributed by atoms with E-state index in [0.717, 1.165) is 30.2 Å². The van der Waals surface area contributed by atoms with Crippen LogP contribution in [0.3, 0.4) is 0 Å². The Labute approximate surface area is 154 Å². The molecule has 0 heterocycles. The van der Waals surface area contributed by atoms with Gasteiger partial charge in [-0.25, -0.2) is 13.9 Å². The normalized spacial score (nSPS) is 15.6. The van der Waals surface area contributed by atoms with Crippen molar-refractivity contribution in [3.05, 3.63) is 24.3 Å². The number of anilines is 1. The lowest BCUT2D eigenvalue weighted by Gasteiger charge is -2.28. The minimum Gasteiger partial charge on any atom is -0.376 e. The van der Waals surface area contributed by atoms with Crippen LogP contribution in [0.5, 0.6) is 0 Å². The molecular weight excluding hydrogens is 358 g/mol. The Morgan fingerprint density at radius 3 is 2.62 bits per heavy atom. The molecule has 1 amide bonds. The first kappa shape index (κ1) is 20.6. The molecular formula is C17H27N3O5S. The van der Waals surface area contributed by atoms with Gasteiger partial charge in [0, 0.05) is 11.7 Å². The van der Waals surface area contributed by atoms with Gasteiger partial charge in [0.2, 0.25) is 0 Å². The number of hydrogen-bond donors (Lipinski definition) is 2. The van der Waals surface area contributed by atoms with Gasteiger partial charge in [0.1, 0.15) is 0 Å². The average molecular weight is 385 g/mol. The van der Waals surface area contributed by atoms with Crippen LogP contribution < -0.4 is 10.8 Å². The number of hydrogen-bond acceptors (Lipinski definition) is 6. The van der Waals surface area contributed by atoms with E-state index >= 15 is 0 Å². The first-order valence-corrected chi connectivity index (χ1v) is 10.2. The van der Waals surface area contributed by atoms with Crippen molar-refractivity contribution in [3.8, 4) is 0 Å². The summed E-state index contributed by atoms with van der Waals surface area (Å²) in [6, 6.07) is 5.99. The van der Waals surface area contributed by atoms with E-state index < -0.39 is 10.0 Å². The van der Waals surface area contributed by atoms with E-state index in [4.69, 9.17) is 4.84 Å². The van der Waals surface area contributed by atoms with E-state index in [1.54, 1.807) is 26.0 Å². The Bertz CT molecular complexity index is 702. The summed E-state index contributed by atoms with van der Waals surface area (Å²) < 4.78 is 27.2. The van der Waals surface area contributed by atoms with Crippen LogP contribution >= 0.6 is 0 Å². The number of benzene rings is 1. The number of rotatable bonds is 9. The summed E-state index contributed by atoms with van der Waals surface area (Å²) in [4.78, 5) is 21.9. The number of hydroxylamine groups is 2. The molecule has 9 heteroatoms. The number of nitrogens with zero attached hydrogens (tertiary/aromatic N) is 1. The Morgan fingerprint density at radius 2 is 2.00 bits per heavy atom. The predicted molar refractivity (Wildman–Crippen MR) is 97.6 cm³/mol. The van der Waals surface area contributed by atoms with Gasteiger partial charge in [-0.05, 0) is 44.9 Å². The average Bonchev–Trinajstić information content (AvgIpc) is 3.11. The lowest BCUT2D eigenvalue weighted by Crippen LogP contribution is -2.39. The molecule has 2 rings (SSSR count). The molecule has 0 unspecified atom stereocenters. The Hall–Kier alpha value is -1.68. The SMILES string of the molecule is CONC(=O)CNc1cccc(S(=O)(=O)N(OC2CCCC2)C(C)C)c1. The van der Waals surface area contributed by atoms with Crippen molar-refractivity contribution in [1.29, 1.82) is 0 Å². The van der Waals surface area contributed by atoms with E-state index in [1.807, 2.05) is 0 Å². The van der Waals surface area contributed by atoms with Gasteiger partial charge in [-0.1, -0.05) is 23.4 Å². The summed E-state index contributed by atoms with van der Waals surface area (Å²) >= 11 is 0.